The zero-order chi connectivity index (χ0) is 16.8. The van der Waals surface area contributed by atoms with Crippen molar-refractivity contribution >= 4 is 17.3 Å². The Hall–Kier alpha value is -2.66. The van der Waals surface area contributed by atoms with Gasteiger partial charge in [-0.25, -0.2) is 9.78 Å². The van der Waals surface area contributed by atoms with Crippen molar-refractivity contribution < 1.29 is 14.6 Å². The van der Waals surface area contributed by atoms with Crippen LogP contribution in [0.4, 0.5) is 0 Å². The fourth-order valence-corrected chi connectivity index (χ4v) is 3.19. The first-order chi connectivity index (χ1) is 11.7. The first kappa shape index (κ1) is 16.2. The molecule has 3 aromatic rings. The van der Waals surface area contributed by atoms with Crippen molar-refractivity contribution in [1.82, 2.24) is 4.98 Å². The van der Waals surface area contributed by atoms with Gasteiger partial charge in [0.1, 0.15) is 10.8 Å². The number of para-hydroxylation sites is 1. The van der Waals surface area contributed by atoms with Crippen LogP contribution < -0.4 is 4.74 Å². The molecule has 1 heterocycles. The Bertz CT molecular complexity index is 814. The number of hydrogen-bond donors (Lipinski definition) is 1. The number of aryl methyl sites for hydroxylation is 1. The van der Waals surface area contributed by atoms with Gasteiger partial charge in [-0.05, 0) is 30.5 Å². The minimum absolute atomic E-state index is 0.0638. The molecule has 2 aromatic carbocycles. The van der Waals surface area contributed by atoms with Gasteiger partial charge in [0, 0.05) is 5.38 Å². The lowest BCUT2D eigenvalue weighted by Gasteiger charge is -2.10. The average Bonchev–Trinajstić information content (AvgIpc) is 3.10. The Morgan fingerprint density at radius 3 is 2.58 bits per heavy atom. The second-order valence-electron chi connectivity index (χ2n) is 5.28. The Labute approximate surface area is 144 Å². The maximum absolute atomic E-state index is 11.0. The van der Waals surface area contributed by atoms with Gasteiger partial charge in [-0.2, -0.15) is 0 Å². The molecule has 0 aliphatic carbocycles. The van der Waals surface area contributed by atoms with E-state index in [-0.39, 0.29) is 5.69 Å². The molecule has 0 atom stereocenters. The van der Waals surface area contributed by atoms with Crippen LogP contribution in [0.1, 0.15) is 22.5 Å². The third-order valence-electron chi connectivity index (χ3n) is 3.55. The first-order valence-corrected chi connectivity index (χ1v) is 8.57. The van der Waals surface area contributed by atoms with Crippen molar-refractivity contribution in [3.63, 3.8) is 0 Å². The number of nitrogens with zero attached hydrogens (tertiary/aromatic N) is 1. The minimum Gasteiger partial charge on any atom is -0.493 e. The number of aromatic carboxylic acids is 1. The molecule has 0 bridgehead atoms. The van der Waals surface area contributed by atoms with Gasteiger partial charge in [-0.15, -0.1) is 11.3 Å². The number of thiazole rings is 1. The highest BCUT2D eigenvalue weighted by Crippen LogP contribution is 2.32. The van der Waals surface area contributed by atoms with Crippen molar-refractivity contribution in [2.45, 2.75) is 12.8 Å². The molecule has 0 aliphatic heterocycles. The summed E-state index contributed by atoms with van der Waals surface area (Å²) in [6.45, 7) is 0.600. The molecular formula is C19H17NO3S. The lowest BCUT2D eigenvalue weighted by atomic mass is 10.1. The van der Waals surface area contributed by atoms with Gasteiger partial charge in [0.2, 0.25) is 0 Å². The molecule has 0 amide bonds. The predicted octanol–water partition coefficient (Wildman–Crippen LogP) is 4.52. The van der Waals surface area contributed by atoms with E-state index >= 15 is 0 Å². The summed E-state index contributed by atoms with van der Waals surface area (Å²) in [5.74, 6) is -0.282. The van der Waals surface area contributed by atoms with Crippen LogP contribution in [0.2, 0.25) is 0 Å². The number of benzene rings is 2. The molecule has 0 spiro atoms. The number of carboxylic acids is 1. The average molecular weight is 339 g/mol. The van der Waals surface area contributed by atoms with E-state index in [4.69, 9.17) is 9.84 Å². The van der Waals surface area contributed by atoms with Gasteiger partial charge < -0.3 is 9.84 Å². The quantitative estimate of drug-likeness (QED) is 0.643. The SMILES string of the molecule is O=C(O)c1csc(-c2ccccc2OCCCc2ccccc2)n1. The Morgan fingerprint density at radius 1 is 1.08 bits per heavy atom. The number of carbonyl (C=O) groups is 1. The van der Waals surface area contributed by atoms with Crippen molar-refractivity contribution in [3.8, 4) is 16.3 Å². The lowest BCUT2D eigenvalue weighted by Crippen LogP contribution is -2.01. The smallest absolute Gasteiger partial charge is 0.355 e. The highest BCUT2D eigenvalue weighted by Gasteiger charge is 2.13. The van der Waals surface area contributed by atoms with Crippen LogP contribution in [0.25, 0.3) is 10.6 Å². The topological polar surface area (TPSA) is 59.4 Å². The monoisotopic (exact) mass is 339 g/mol. The number of ether oxygens (including phenoxy) is 1. The Balaban J connectivity index is 1.64. The highest BCUT2D eigenvalue weighted by atomic mass is 32.1. The van der Waals surface area contributed by atoms with Crippen molar-refractivity contribution in [2.75, 3.05) is 6.61 Å². The molecule has 5 heteroatoms. The standard InChI is InChI=1S/C19H17NO3S/c21-19(22)16-13-24-18(20-16)15-10-4-5-11-17(15)23-12-6-9-14-7-2-1-3-8-14/h1-5,7-8,10-11,13H,6,9,12H2,(H,21,22). The Morgan fingerprint density at radius 2 is 1.83 bits per heavy atom. The summed E-state index contributed by atoms with van der Waals surface area (Å²) in [5, 5.41) is 11.2. The molecule has 122 valence electrons. The molecule has 0 saturated carbocycles. The fraction of sp³-hybridized carbons (Fsp3) is 0.158. The lowest BCUT2D eigenvalue weighted by molar-refractivity contribution is 0.0691. The number of aromatic nitrogens is 1. The summed E-state index contributed by atoms with van der Waals surface area (Å²) in [4.78, 5) is 15.1. The van der Waals surface area contributed by atoms with E-state index in [1.54, 1.807) is 5.38 Å². The maximum atomic E-state index is 11.0. The molecule has 0 saturated heterocycles. The van der Waals surface area contributed by atoms with E-state index in [9.17, 15) is 4.79 Å². The number of hydrogen-bond acceptors (Lipinski definition) is 4. The van der Waals surface area contributed by atoms with Crippen molar-refractivity contribution in [2.24, 2.45) is 0 Å². The Kier molecular flexibility index (Phi) is 5.23. The second kappa shape index (κ2) is 7.75. The predicted molar refractivity (Wildman–Crippen MR) is 94.8 cm³/mol. The van der Waals surface area contributed by atoms with E-state index in [2.05, 4.69) is 17.1 Å². The number of carboxylic acid groups (broad SMARTS) is 1. The molecule has 4 nitrogen and oxygen atoms in total. The van der Waals surface area contributed by atoms with Crippen LogP contribution >= 0.6 is 11.3 Å². The van der Waals surface area contributed by atoms with Crippen LogP contribution in [0, 0.1) is 0 Å². The molecule has 0 radical (unpaired) electrons. The van der Waals surface area contributed by atoms with Crippen molar-refractivity contribution in [1.29, 1.82) is 0 Å². The summed E-state index contributed by atoms with van der Waals surface area (Å²) in [5.41, 5.74) is 2.18. The van der Waals surface area contributed by atoms with Crippen LogP contribution in [0.15, 0.2) is 60.0 Å². The van der Waals surface area contributed by atoms with Crippen LogP contribution in [-0.4, -0.2) is 22.7 Å². The van der Waals surface area contributed by atoms with Gasteiger partial charge in [0.05, 0.1) is 12.2 Å². The van der Waals surface area contributed by atoms with Crippen LogP contribution in [0.5, 0.6) is 5.75 Å². The first-order valence-electron chi connectivity index (χ1n) is 7.69. The number of rotatable bonds is 7. The molecule has 0 fully saturated rings. The van der Waals surface area contributed by atoms with Gasteiger partial charge in [0.25, 0.3) is 0 Å². The van der Waals surface area contributed by atoms with Gasteiger partial charge in [-0.3, -0.25) is 0 Å². The summed E-state index contributed by atoms with van der Waals surface area (Å²) < 4.78 is 5.90. The molecule has 0 aliphatic rings. The fourth-order valence-electron chi connectivity index (χ4n) is 2.37. The van der Waals surface area contributed by atoms with E-state index < -0.39 is 5.97 Å². The largest absolute Gasteiger partial charge is 0.493 e. The summed E-state index contributed by atoms with van der Waals surface area (Å²) in [6.07, 6.45) is 1.88. The second-order valence-corrected chi connectivity index (χ2v) is 6.13. The zero-order valence-electron chi connectivity index (χ0n) is 13.0. The van der Waals surface area contributed by atoms with Gasteiger partial charge in [0.15, 0.2) is 5.69 Å². The normalized spacial score (nSPS) is 10.5. The summed E-state index contributed by atoms with van der Waals surface area (Å²) in [6, 6.07) is 17.9. The minimum atomic E-state index is -1.02. The zero-order valence-corrected chi connectivity index (χ0v) is 13.8. The molecule has 3 rings (SSSR count). The van der Waals surface area contributed by atoms with E-state index in [1.807, 2.05) is 42.5 Å². The molecule has 24 heavy (non-hydrogen) atoms. The van der Waals surface area contributed by atoms with E-state index in [0.717, 1.165) is 24.2 Å². The summed E-state index contributed by atoms with van der Waals surface area (Å²) in [7, 11) is 0. The highest BCUT2D eigenvalue weighted by molar-refractivity contribution is 7.13. The van der Waals surface area contributed by atoms with Gasteiger partial charge >= 0.3 is 5.97 Å². The third-order valence-corrected chi connectivity index (χ3v) is 4.43. The maximum Gasteiger partial charge on any atom is 0.355 e. The van der Waals surface area contributed by atoms with Crippen molar-refractivity contribution in [3.05, 3.63) is 71.2 Å². The third kappa shape index (κ3) is 4.00. The molecule has 1 aromatic heterocycles. The molecule has 0 unspecified atom stereocenters. The molecular weight excluding hydrogens is 322 g/mol. The van der Waals surface area contributed by atoms with E-state index in [1.165, 1.54) is 16.9 Å². The molecule has 1 N–H and O–H groups in total. The summed E-state index contributed by atoms with van der Waals surface area (Å²) >= 11 is 1.31. The van der Waals surface area contributed by atoms with Gasteiger partial charge in [-0.1, -0.05) is 42.5 Å². The van der Waals surface area contributed by atoms with E-state index in [0.29, 0.717) is 11.6 Å². The van der Waals surface area contributed by atoms with Crippen LogP contribution in [0.3, 0.4) is 0 Å². The van der Waals surface area contributed by atoms with Crippen LogP contribution in [-0.2, 0) is 6.42 Å².